The maximum Gasteiger partial charge on any atom is 0.200 e. The molecule has 0 saturated heterocycles. The number of aliphatic hydroxyl groups is 1. The summed E-state index contributed by atoms with van der Waals surface area (Å²) < 4.78 is 18.5. The summed E-state index contributed by atoms with van der Waals surface area (Å²) >= 11 is 0. The first-order chi connectivity index (χ1) is 14.1. The van der Waals surface area contributed by atoms with Crippen LogP contribution in [-0.4, -0.2) is 39.9 Å². The zero-order valence-electron chi connectivity index (χ0n) is 20.8. The number of ether oxygens (including phenoxy) is 2. The van der Waals surface area contributed by atoms with Gasteiger partial charge in [-0.15, -0.1) is 0 Å². The quantitative estimate of drug-likeness (QED) is 0.340. The molecule has 1 aromatic rings. The van der Waals surface area contributed by atoms with Crippen LogP contribution >= 0.6 is 0 Å². The lowest BCUT2D eigenvalue weighted by Gasteiger charge is -2.44. The zero-order chi connectivity index (χ0) is 22.9. The second-order valence-corrected chi connectivity index (χ2v) is 15.0. The third-order valence-electron chi connectivity index (χ3n) is 6.69. The van der Waals surface area contributed by atoms with E-state index in [0.717, 1.165) is 17.7 Å². The lowest BCUT2D eigenvalue weighted by molar-refractivity contribution is -0.0583. The van der Waals surface area contributed by atoms with Gasteiger partial charge in [0.15, 0.2) is 8.32 Å². The van der Waals surface area contributed by atoms with Crippen molar-refractivity contribution in [1.29, 1.82) is 0 Å². The SMILES string of the molecule is CC[C@H](CO[Si](C(C)C)(C(C)C)C(C)C)[C@@H](OCc1ccc(OC)cc1)[C@H](C)CO. The van der Waals surface area contributed by atoms with E-state index in [4.69, 9.17) is 13.9 Å². The first-order valence-corrected chi connectivity index (χ1v) is 13.8. The van der Waals surface area contributed by atoms with Gasteiger partial charge in [0.2, 0.25) is 0 Å². The van der Waals surface area contributed by atoms with Crippen molar-refractivity contribution in [2.45, 2.75) is 91.1 Å². The number of benzene rings is 1. The summed E-state index contributed by atoms with van der Waals surface area (Å²) in [7, 11) is -0.255. The number of methoxy groups -OCH3 is 1. The molecule has 0 aromatic heterocycles. The maximum absolute atomic E-state index is 9.88. The van der Waals surface area contributed by atoms with Gasteiger partial charge in [-0.25, -0.2) is 0 Å². The molecule has 3 atom stereocenters. The highest BCUT2D eigenvalue weighted by molar-refractivity contribution is 6.77. The van der Waals surface area contributed by atoms with Crippen molar-refractivity contribution in [3.05, 3.63) is 29.8 Å². The largest absolute Gasteiger partial charge is 0.497 e. The molecule has 0 unspecified atom stereocenters. The maximum atomic E-state index is 9.88. The van der Waals surface area contributed by atoms with E-state index in [2.05, 4.69) is 55.4 Å². The van der Waals surface area contributed by atoms with E-state index >= 15 is 0 Å². The highest BCUT2D eigenvalue weighted by Crippen LogP contribution is 2.43. The Labute approximate surface area is 186 Å². The van der Waals surface area contributed by atoms with Crippen LogP contribution in [-0.2, 0) is 15.8 Å². The minimum atomic E-state index is -1.93. The highest BCUT2D eigenvalue weighted by atomic mass is 28.4. The van der Waals surface area contributed by atoms with Crippen LogP contribution in [0, 0.1) is 11.8 Å². The molecule has 0 aliphatic heterocycles. The Morgan fingerprint density at radius 2 is 1.43 bits per heavy atom. The monoisotopic (exact) mass is 438 g/mol. The lowest BCUT2D eigenvalue weighted by Crippen LogP contribution is -2.49. The van der Waals surface area contributed by atoms with Crippen molar-refractivity contribution >= 4 is 8.32 Å². The molecule has 0 spiro atoms. The molecular formula is C25H46O4Si. The van der Waals surface area contributed by atoms with Crippen molar-refractivity contribution in [2.24, 2.45) is 11.8 Å². The molecule has 30 heavy (non-hydrogen) atoms. The van der Waals surface area contributed by atoms with Crippen molar-refractivity contribution in [1.82, 2.24) is 0 Å². The highest BCUT2D eigenvalue weighted by Gasteiger charge is 2.45. The number of rotatable bonds is 14. The van der Waals surface area contributed by atoms with Gasteiger partial charge in [0, 0.05) is 25.0 Å². The number of aliphatic hydroxyl groups excluding tert-OH is 1. The third kappa shape index (κ3) is 6.81. The second kappa shape index (κ2) is 12.8. The molecule has 5 heteroatoms. The molecule has 0 heterocycles. The standard InChI is InChI=1S/C25H46O4Si/c1-10-23(17-29-30(18(2)3,19(4)5)20(6)7)25(21(8)15-26)28-16-22-11-13-24(27-9)14-12-22/h11-14,18-21,23,25-26H,10,15-17H2,1-9H3/t21-,23-,25+/m1/s1. The predicted octanol–water partition coefficient (Wildman–Crippen LogP) is 6.43. The van der Waals surface area contributed by atoms with Gasteiger partial charge in [0.25, 0.3) is 0 Å². The molecule has 0 amide bonds. The Balaban J connectivity index is 2.95. The Morgan fingerprint density at radius 1 is 0.900 bits per heavy atom. The molecule has 0 fully saturated rings. The Bertz CT molecular complexity index is 564. The van der Waals surface area contributed by atoms with E-state index in [0.29, 0.717) is 29.8 Å². The summed E-state index contributed by atoms with van der Waals surface area (Å²) in [5, 5.41) is 9.88. The van der Waals surface area contributed by atoms with E-state index in [-0.39, 0.29) is 24.5 Å². The summed E-state index contributed by atoms with van der Waals surface area (Å²) in [4.78, 5) is 0. The molecule has 4 nitrogen and oxygen atoms in total. The molecule has 174 valence electrons. The Hall–Kier alpha value is -0.883. The van der Waals surface area contributed by atoms with Gasteiger partial charge in [-0.05, 0) is 40.7 Å². The average molecular weight is 439 g/mol. The van der Waals surface area contributed by atoms with Gasteiger partial charge < -0.3 is 19.0 Å². The van der Waals surface area contributed by atoms with Crippen LogP contribution in [0.3, 0.4) is 0 Å². The van der Waals surface area contributed by atoms with Gasteiger partial charge in [0.1, 0.15) is 5.75 Å². The van der Waals surface area contributed by atoms with E-state index in [1.54, 1.807) is 7.11 Å². The molecule has 0 aliphatic rings. The fraction of sp³-hybridized carbons (Fsp3) is 0.760. The van der Waals surface area contributed by atoms with Crippen molar-refractivity contribution in [2.75, 3.05) is 20.3 Å². The smallest absolute Gasteiger partial charge is 0.200 e. The molecule has 0 saturated carbocycles. The average Bonchev–Trinajstić information content (AvgIpc) is 2.71. The van der Waals surface area contributed by atoms with Crippen molar-refractivity contribution < 1.29 is 19.0 Å². The second-order valence-electron chi connectivity index (χ2n) is 9.58. The van der Waals surface area contributed by atoms with Gasteiger partial charge in [-0.3, -0.25) is 0 Å². The van der Waals surface area contributed by atoms with Gasteiger partial charge in [0.05, 0.1) is 19.8 Å². The first-order valence-electron chi connectivity index (χ1n) is 11.6. The molecule has 1 aromatic carbocycles. The fourth-order valence-corrected chi connectivity index (χ4v) is 10.5. The predicted molar refractivity (Wildman–Crippen MR) is 129 cm³/mol. The van der Waals surface area contributed by atoms with E-state index in [1.807, 2.05) is 24.3 Å². The minimum Gasteiger partial charge on any atom is -0.497 e. The summed E-state index contributed by atoms with van der Waals surface area (Å²) in [6.45, 7) is 19.5. The van der Waals surface area contributed by atoms with Crippen LogP contribution in [0.1, 0.15) is 67.4 Å². The molecular weight excluding hydrogens is 392 g/mol. The van der Waals surface area contributed by atoms with Crippen LogP contribution in [0.5, 0.6) is 5.75 Å². The number of hydrogen-bond donors (Lipinski definition) is 1. The van der Waals surface area contributed by atoms with E-state index in [9.17, 15) is 5.11 Å². The first kappa shape index (κ1) is 27.2. The fourth-order valence-electron chi connectivity index (χ4n) is 4.98. The molecule has 1 N–H and O–H groups in total. The van der Waals surface area contributed by atoms with Gasteiger partial charge >= 0.3 is 0 Å². The summed E-state index contributed by atoms with van der Waals surface area (Å²) in [5.74, 6) is 1.16. The Morgan fingerprint density at radius 3 is 1.83 bits per heavy atom. The molecule has 0 bridgehead atoms. The van der Waals surface area contributed by atoms with Crippen LogP contribution in [0.4, 0.5) is 0 Å². The summed E-state index contributed by atoms with van der Waals surface area (Å²) in [6.07, 6.45) is 0.927. The van der Waals surface area contributed by atoms with Gasteiger partial charge in [-0.2, -0.15) is 0 Å². The van der Waals surface area contributed by atoms with Crippen LogP contribution in [0.15, 0.2) is 24.3 Å². The van der Waals surface area contributed by atoms with Crippen LogP contribution < -0.4 is 4.74 Å². The number of hydrogen-bond acceptors (Lipinski definition) is 4. The van der Waals surface area contributed by atoms with E-state index < -0.39 is 8.32 Å². The van der Waals surface area contributed by atoms with Gasteiger partial charge in [-0.1, -0.05) is 67.5 Å². The third-order valence-corrected chi connectivity index (χ3v) is 12.8. The molecule has 0 aliphatic carbocycles. The Kier molecular flexibility index (Phi) is 11.6. The molecule has 0 radical (unpaired) electrons. The summed E-state index contributed by atoms with van der Waals surface area (Å²) in [5.41, 5.74) is 2.79. The minimum absolute atomic E-state index is 0.0414. The normalized spacial score (nSPS) is 15.6. The lowest BCUT2D eigenvalue weighted by atomic mass is 9.91. The summed E-state index contributed by atoms with van der Waals surface area (Å²) in [6, 6.07) is 7.98. The van der Waals surface area contributed by atoms with E-state index in [1.165, 1.54) is 0 Å². The van der Waals surface area contributed by atoms with Crippen molar-refractivity contribution in [3.63, 3.8) is 0 Å². The zero-order valence-corrected chi connectivity index (χ0v) is 21.8. The van der Waals surface area contributed by atoms with Crippen molar-refractivity contribution in [3.8, 4) is 5.75 Å². The topological polar surface area (TPSA) is 47.9 Å². The molecule has 1 rings (SSSR count). The van der Waals surface area contributed by atoms with Crippen LogP contribution in [0.25, 0.3) is 0 Å². The van der Waals surface area contributed by atoms with Crippen LogP contribution in [0.2, 0.25) is 16.6 Å².